The zero-order valence-electron chi connectivity index (χ0n) is 12.3. The fourth-order valence-corrected chi connectivity index (χ4v) is 3.89. The molecule has 1 aliphatic carbocycles. The van der Waals surface area contributed by atoms with Gasteiger partial charge < -0.3 is 15.6 Å². The SMILES string of the molecule is COc1ccc(C2C3CCC(CC3=O)N2CCO)cc1N. The van der Waals surface area contributed by atoms with Crippen LogP contribution in [0.4, 0.5) is 5.69 Å². The Morgan fingerprint density at radius 2 is 2.24 bits per heavy atom. The molecule has 1 saturated carbocycles. The van der Waals surface area contributed by atoms with Crippen molar-refractivity contribution in [1.82, 2.24) is 4.90 Å². The molecule has 3 aliphatic rings. The molecule has 21 heavy (non-hydrogen) atoms. The van der Waals surface area contributed by atoms with Gasteiger partial charge in [0.2, 0.25) is 0 Å². The summed E-state index contributed by atoms with van der Waals surface area (Å²) in [6, 6.07) is 6.03. The maximum absolute atomic E-state index is 12.3. The quantitative estimate of drug-likeness (QED) is 0.819. The second-order valence-electron chi connectivity index (χ2n) is 5.92. The lowest BCUT2D eigenvalue weighted by molar-refractivity contribution is -0.138. The van der Waals surface area contributed by atoms with Gasteiger partial charge in [-0.15, -0.1) is 0 Å². The number of anilines is 1. The zero-order valence-corrected chi connectivity index (χ0v) is 12.3. The summed E-state index contributed by atoms with van der Waals surface area (Å²) in [6.07, 6.45) is 2.59. The monoisotopic (exact) mass is 290 g/mol. The van der Waals surface area contributed by atoms with Gasteiger partial charge in [0.1, 0.15) is 11.5 Å². The normalized spacial score (nSPS) is 28.9. The summed E-state index contributed by atoms with van der Waals surface area (Å²) in [5, 5.41) is 9.34. The van der Waals surface area contributed by atoms with E-state index in [1.54, 1.807) is 7.11 Å². The van der Waals surface area contributed by atoms with E-state index >= 15 is 0 Å². The highest BCUT2D eigenvalue weighted by atomic mass is 16.5. The Morgan fingerprint density at radius 1 is 1.43 bits per heavy atom. The molecule has 1 aromatic carbocycles. The van der Waals surface area contributed by atoms with E-state index in [2.05, 4.69) is 4.90 Å². The van der Waals surface area contributed by atoms with E-state index in [0.717, 1.165) is 18.4 Å². The van der Waals surface area contributed by atoms with Gasteiger partial charge in [0.05, 0.1) is 19.4 Å². The van der Waals surface area contributed by atoms with Crippen molar-refractivity contribution < 1.29 is 14.6 Å². The van der Waals surface area contributed by atoms with Gasteiger partial charge in [-0.1, -0.05) is 6.07 Å². The third-order valence-electron chi connectivity index (χ3n) is 4.82. The Morgan fingerprint density at radius 3 is 2.86 bits per heavy atom. The number of hydrogen-bond acceptors (Lipinski definition) is 5. The summed E-state index contributed by atoms with van der Waals surface area (Å²) in [5.41, 5.74) is 7.65. The minimum Gasteiger partial charge on any atom is -0.495 e. The summed E-state index contributed by atoms with van der Waals surface area (Å²) in [6.45, 7) is 0.713. The number of carbonyl (C=O) groups is 1. The van der Waals surface area contributed by atoms with E-state index in [4.69, 9.17) is 10.5 Å². The first-order chi connectivity index (χ1) is 10.2. The molecule has 3 unspecified atom stereocenters. The van der Waals surface area contributed by atoms with E-state index in [9.17, 15) is 9.90 Å². The molecule has 5 heteroatoms. The highest BCUT2D eigenvalue weighted by Gasteiger charge is 2.46. The van der Waals surface area contributed by atoms with Gasteiger partial charge in [-0.25, -0.2) is 0 Å². The summed E-state index contributed by atoms with van der Waals surface area (Å²) in [4.78, 5) is 14.5. The fourth-order valence-electron chi connectivity index (χ4n) is 3.89. The molecule has 0 spiro atoms. The van der Waals surface area contributed by atoms with Crippen LogP contribution in [-0.4, -0.2) is 42.1 Å². The van der Waals surface area contributed by atoms with Gasteiger partial charge in [-0.3, -0.25) is 9.69 Å². The van der Waals surface area contributed by atoms with Crippen LogP contribution in [0.5, 0.6) is 5.75 Å². The first kappa shape index (κ1) is 14.4. The number of hydrogen-bond donors (Lipinski definition) is 2. The number of Topliss-reactive ketones (excluding diaryl/α,β-unsaturated/α-hetero) is 1. The Balaban J connectivity index is 1.97. The number of nitrogen functional groups attached to an aromatic ring is 1. The third kappa shape index (κ3) is 2.40. The summed E-state index contributed by atoms with van der Waals surface area (Å²) >= 11 is 0. The van der Waals surface area contributed by atoms with Crippen LogP contribution in [-0.2, 0) is 4.79 Å². The average Bonchev–Trinajstić information content (AvgIpc) is 2.48. The molecule has 2 heterocycles. The van der Waals surface area contributed by atoms with Crippen LogP contribution in [0, 0.1) is 5.92 Å². The first-order valence-electron chi connectivity index (χ1n) is 7.48. The second-order valence-corrected chi connectivity index (χ2v) is 5.92. The Labute approximate surface area is 124 Å². The fraction of sp³-hybridized carbons (Fsp3) is 0.562. The van der Waals surface area contributed by atoms with Gasteiger partial charge in [-0.05, 0) is 30.5 Å². The number of nitrogens with zero attached hydrogens (tertiary/aromatic N) is 1. The number of rotatable bonds is 4. The molecule has 114 valence electrons. The number of carbonyl (C=O) groups excluding carboxylic acids is 1. The molecular formula is C16H22N2O3. The predicted molar refractivity (Wildman–Crippen MR) is 80.1 cm³/mol. The lowest BCUT2D eigenvalue weighted by Crippen LogP contribution is -2.54. The number of aliphatic hydroxyl groups excluding tert-OH is 1. The molecule has 3 atom stereocenters. The number of fused-ring (bicyclic) bond motifs is 3. The molecule has 3 fully saturated rings. The third-order valence-corrected chi connectivity index (χ3v) is 4.82. The molecule has 2 bridgehead atoms. The van der Waals surface area contributed by atoms with Crippen molar-refractivity contribution in [3.8, 4) is 5.75 Å². The molecule has 4 rings (SSSR count). The van der Waals surface area contributed by atoms with Crippen LogP contribution in [0.2, 0.25) is 0 Å². The summed E-state index contributed by atoms with van der Waals surface area (Å²) in [7, 11) is 1.59. The number of ether oxygens (including phenoxy) is 1. The number of nitrogens with two attached hydrogens (primary N) is 1. The number of methoxy groups -OCH3 is 1. The Bertz CT molecular complexity index is 546. The smallest absolute Gasteiger partial charge is 0.141 e. The van der Waals surface area contributed by atoms with Gasteiger partial charge in [0.15, 0.2) is 0 Å². The van der Waals surface area contributed by atoms with Crippen molar-refractivity contribution in [3.05, 3.63) is 23.8 Å². The predicted octanol–water partition coefficient (Wildman–Crippen LogP) is 1.36. The van der Waals surface area contributed by atoms with Gasteiger partial charge in [-0.2, -0.15) is 0 Å². The molecule has 0 amide bonds. The maximum atomic E-state index is 12.3. The van der Waals surface area contributed by atoms with E-state index in [-0.39, 0.29) is 24.6 Å². The van der Waals surface area contributed by atoms with E-state index in [1.807, 2.05) is 18.2 Å². The zero-order chi connectivity index (χ0) is 15.0. The Hall–Kier alpha value is -1.59. The van der Waals surface area contributed by atoms with Crippen molar-refractivity contribution in [1.29, 1.82) is 0 Å². The highest BCUT2D eigenvalue weighted by molar-refractivity contribution is 5.84. The number of benzene rings is 1. The van der Waals surface area contributed by atoms with Crippen molar-refractivity contribution in [2.45, 2.75) is 31.3 Å². The lowest BCUT2D eigenvalue weighted by atomic mass is 9.71. The van der Waals surface area contributed by atoms with Gasteiger partial charge >= 0.3 is 0 Å². The second kappa shape index (κ2) is 5.66. The molecule has 0 radical (unpaired) electrons. The topological polar surface area (TPSA) is 75.8 Å². The average molecular weight is 290 g/mol. The summed E-state index contributed by atoms with van der Waals surface area (Å²) in [5.74, 6) is 1.02. The Kier molecular flexibility index (Phi) is 3.87. The highest BCUT2D eigenvalue weighted by Crippen LogP contribution is 2.46. The molecule has 3 N–H and O–H groups in total. The molecular weight excluding hydrogens is 268 g/mol. The minimum atomic E-state index is 0.0225. The number of aliphatic hydroxyl groups is 1. The minimum absolute atomic E-state index is 0.0225. The number of piperidine rings is 2. The molecule has 1 aromatic rings. The van der Waals surface area contributed by atoms with Crippen molar-refractivity contribution in [3.63, 3.8) is 0 Å². The van der Waals surface area contributed by atoms with E-state index in [0.29, 0.717) is 30.2 Å². The van der Waals surface area contributed by atoms with Crippen LogP contribution in [0.25, 0.3) is 0 Å². The maximum Gasteiger partial charge on any atom is 0.141 e. The van der Waals surface area contributed by atoms with Crippen LogP contribution in [0.15, 0.2) is 18.2 Å². The molecule has 0 aromatic heterocycles. The first-order valence-corrected chi connectivity index (χ1v) is 7.48. The summed E-state index contributed by atoms with van der Waals surface area (Å²) < 4.78 is 5.20. The molecule has 5 nitrogen and oxygen atoms in total. The molecule has 2 saturated heterocycles. The van der Waals surface area contributed by atoms with Gasteiger partial charge in [0, 0.05) is 31.0 Å². The largest absolute Gasteiger partial charge is 0.495 e. The lowest BCUT2D eigenvalue weighted by Gasteiger charge is -2.50. The molecule has 2 aliphatic heterocycles. The van der Waals surface area contributed by atoms with Crippen molar-refractivity contribution in [2.24, 2.45) is 5.92 Å². The van der Waals surface area contributed by atoms with Crippen molar-refractivity contribution >= 4 is 11.5 Å². The number of ketones is 1. The van der Waals surface area contributed by atoms with E-state index < -0.39 is 0 Å². The van der Waals surface area contributed by atoms with Crippen LogP contribution < -0.4 is 10.5 Å². The van der Waals surface area contributed by atoms with Crippen LogP contribution >= 0.6 is 0 Å². The van der Waals surface area contributed by atoms with E-state index in [1.165, 1.54) is 0 Å². The standard InChI is InChI=1S/C16H22N2O3/c1-21-15-5-2-10(8-13(15)17)16-12-4-3-11(9-14(12)20)18(16)6-7-19/h2,5,8,11-12,16,19H,3-4,6-7,9,17H2,1H3. The van der Waals surface area contributed by atoms with Crippen molar-refractivity contribution in [2.75, 3.05) is 26.0 Å². The van der Waals surface area contributed by atoms with Crippen LogP contribution in [0.3, 0.4) is 0 Å². The van der Waals surface area contributed by atoms with Gasteiger partial charge in [0.25, 0.3) is 0 Å². The van der Waals surface area contributed by atoms with Crippen LogP contribution in [0.1, 0.15) is 30.9 Å².